The minimum atomic E-state index is -1.23. The van der Waals surface area contributed by atoms with E-state index >= 15 is 0 Å². The Kier molecular flexibility index (Phi) is 3.18. The summed E-state index contributed by atoms with van der Waals surface area (Å²) in [7, 11) is 0. The maximum absolute atomic E-state index is 13.3. The Morgan fingerprint density at radius 2 is 2.00 bits per heavy atom. The van der Waals surface area contributed by atoms with E-state index in [0.29, 0.717) is 25.1 Å². The molecule has 1 heterocycles. The average molecular weight is 253 g/mol. The van der Waals surface area contributed by atoms with Crippen molar-refractivity contribution in [3.8, 4) is 0 Å². The number of benzene rings is 1. The summed E-state index contributed by atoms with van der Waals surface area (Å²) in [4.78, 5) is 23.4. The van der Waals surface area contributed by atoms with Crippen LogP contribution in [-0.4, -0.2) is 34.7 Å². The molecule has 0 bridgehead atoms. The number of rotatable bonds is 3. The number of halogens is 1. The Hall–Kier alpha value is -2.11. The van der Waals surface area contributed by atoms with E-state index in [1.807, 2.05) is 0 Å². The van der Waals surface area contributed by atoms with Gasteiger partial charge in [0.2, 0.25) is 0 Å². The third-order valence-electron chi connectivity index (χ3n) is 3.00. The molecule has 1 unspecified atom stereocenters. The normalized spacial score (nSPS) is 18.9. The van der Waals surface area contributed by atoms with Crippen molar-refractivity contribution in [3.05, 3.63) is 29.6 Å². The Bertz CT molecular complexity index is 503. The zero-order chi connectivity index (χ0) is 13.3. The van der Waals surface area contributed by atoms with Crippen LogP contribution in [0.25, 0.3) is 0 Å². The smallest absolute Gasteiger partial charge is 0.335 e. The second-order valence-electron chi connectivity index (χ2n) is 4.19. The van der Waals surface area contributed by atoms with Gasteiger partial charge in [0, 0.05) is 12.2 Å². The number of aliphatic carboxylic acids is 1. The Labute approximate surface area is 102 Å². The van der Waals surface area contributed by atoms with Crippen molar-refractivity contribution in [1.29, 1.82) is 0 Å². The van der Waals surface area contributed by atoms with E-state index < -0.39 is 23.8 Å². The molecule has 1 fully saturated rings. The average Bonchev–Trinajstić information content (AvgIpc) is 2.76. The second kappa shape index (κ2) is 4.64. The molecular weight excluding hydrogens is 241 g/mol. The molecule has 0 spiro atoms. The van der Waals surface area contributed by atoms with Crippen LogP contribution >= 0.6 is 0 Å². The standard InChI is InChI=1S/C12H12FNO4/c13-8-4-7(11(15)16)5-9(6-8)14-3-1-2-10(14)12(17)18/h4-6,10H,1-3H2,(H,15,16)(H,17,18). The monoisotopic (exact) mass is 253 g/mol. The molecule has 0 saturated carbocycles. The second-order valence-corrected chi connectivity index (χ2v) is 4.19. The van der Waals surface area contributed by atoms with E-state index in [9.17, 15) is 14.0 Å². The van der Waals surface area contributed by atoms with Crippen LogP contribution in [-0.2, 0) is 4.79 Å². The van der Waals surface area contributed by atoms with Crippen molar-refractivity contribution in [2.75, 3.05) is 11.4 Å². The molecule has 0 amide bonds. The van der Waals surface area contributed by atoms with Gasteiger partial charge in [-0.15, -0.1) is 0 Å². The number of anilines is 1. The fourth-order valence-electron chi connectivity index (χ4n) is 2.20. The van der Waals surface area contributed by atoms with Crippen LogP contribution in [0.2, 0.25) is 0 Å². The fraction of sp³-hybridized carbons (Fsp3) is 0.333. The first-order valence-electron chi connectivity index (χ1n) is 5.52. The van der Waals surface area contributed by atoms with Gasteiger partial charge < -0.3 is 15.1 Å². The van der Waals surface area contributed by atoms with Crippen LogP contribution < -0.4 is 4.90 Å². The third kappa shape index (κ3) is 2.27. The molecular formula is C12H12FNO4. The van der Waals surface area contributed by atoms with Crippen molar-refractivity contribution >= 4 is 17.6 Å². The van der Waals surface area contributed by atoms with Gasteiger partial charge in [-0.05, 0) is 31.0 Å². The van der Waals surface area contributed by atoms with Crippen LogP contribution in [0.3, 0.4) is 0 Å². The summed E-state index contributed by atoms with van der Waals surface area (Å²) in [6.07, 6.45) is 1.17. The van der Waals surface area contributed by atoms with Gasteiger partial charge in [0.15, 0.2) is 0 Å². The molecule has 5 nitrogen and oxygen atoms in total. The molecule has 2 rings (SSSR count). The molecule has 1 saturated heterocycles. The first kappa shape index (κ1) is 12.3. The Morgan fingerprint density at radius 3 is 2.61 bits per heavy atom. The van der Waals surface area contributed by atoms with Gasteiger partial charge in [0.05, 0.1) is 5.56 Å². The predicted octanol–water partition coefficient (Wildman–Crippen LogP) is 1.58. The van der Waals surface area contributed by atoms with Gasteiger partial charge in [-0.1, -0.05) is 0 Å². The number of hydrogen-bond donors (Lipinski definition) is 2. The fourth-order valence-corrected chi connectivity index (χ4v) is 2.20. The molecule has 1 aliphatic heterocycles. The maximum atomic E-state index is 13.3. The lowest BCUT2D eigenvalue weighted by Crippen LogP contribution is -2.36. The molecule has 1 aliphatic rings. The predicted molar refractivity (Wildman–Crippen MR) is 61.4 cm³/mol. The topological polar surface area (TPSA) is 77.8 Å². The minimum absolute atomic E-state index is 0.180. The molecule has 1 atom stereocenters. The molecule has 1 aromatic rings. The molecule has 6 heteroatoms. The van der Waals surface area contributed by atoms with E-state index in [4.69, 9.17) is 10.2 Å². The zero-order valence-electron chi connectivity index (χ0n) is 9.47. The molecule has 2 N–H and O–H groups in total. The summed E-state index contributed by atoms with van der Waals surface area (Å²) < 4.78 is 13.3. The highest BCUT2D eigenvalue weighted by molar-refractivity contribution is 5.89. The number of hydrogen-bond acceptors (Lipinski definition) is 3. The molecule has 0 aromatic heterocycles. The van der Waals surface area contributed by atoms with Crippen molar-refractivity contribution in [1.82, 2.24) is 0 Å². The summed E-state index contributed by atoms with van der Waals surface area (Å²) in [6, 6.07) is 2.66. The number of aromatic carboxylic acids is 1. The largest absolute Gasteiger partial charge is 0.480 e. The highest BCUT2D eigenvalue weighted by Crippen LogP contribution is 2.27. The number of carboxylic acid groups (broad SMARTS) is 2. The van der Waals surface area contributed by atoms with Gasteiger partial charge in [-0.2, -0.15) is 0 Å². The highest BCUT2D eigenvalue weighted by Gasteiger charge is 2.31. The molecule has 0 radical (unpaired) electrons. The van der Waals surface area contributed by atoms with E-state index in [-0.39, 0.29) is 5.56 Å². The van der Waals surface area contributed by atoms with Gasteiger partial charge in [0.25, 0.3) is 0 Å². The first-order valence-corrected chi connectivity index (χ1v) is 5.52. The zero-order valence-corrected chi connectivity index (χ0v) is 9.47. The lowest BCUT2D eigenvalue weighted by atomic mass is 10.1. The van der Waals surface area contributed by atoms with E-state index in [2.05, 4.69) is 0 Å². The van der Waals surface area contributed by atoms with Crippen molar-refractivity contribution in [2.45, 2.75) is 18.9 Å². The van der Waals surface area contributed by atoms with Crippen molar-refractivity contribution < 1.29 is 24.2 Å². The van der Waals surface area contributed by atoms with Gasteiger partial charge in [0.1, 0.15) is 11.9 Å². The number of nitrogens with zero attached hydrogens (tertiary/aromatic N) is 1. The van der Waals surface area contributed by atoms with Crippen LogP contribution in [0.4, 0.5) is 10.1 Å². The van der Waals surface area contributed by atoms with Crippen LogP contribution in [0.1, 0.15) is 23.2 Å². The summed E-state index contributed by atoms with van der Waals surface area (Å²) in [5.74, 6) is -2.89. The minimum Gasteiger partial charge on any atom is -0.480 e. The first-order chi connectivity index (χ1) is 8.49. The summed E-state index contributed by atoms with van der Waals surface area (Å²) in [5.41, 5.74) is 0.123. The van der Waals surface area contributed by atoms with Crippen molar-refractivity contribution in [3.63, 3.8) is 0 Å². The lowest BCUT2D eigenvalue weighted by molar-refractivity contribution is -0.138. The Morgan fingerprint density at radius 1 is 1.28 bits per heavy atom. The van der Waals surface area contributed by atoms with E-state index in [1.165, 1.54) is 11.0 Å². The highest BCUT2D eigenvalue weighted by atomic mass is 19.1. The van der Waals surface area contributed by atoms with Crippen LogP contribution in [0.15, 0.2) is 18.2 Å². The molecule has 0 aliphatic carbocycles. The quantitative estimate of drug-likeness (QED) is 0.855. The van der Waals surface area contributed by atoms with Gasteiger partial charge in [-0.25, -0.2) is 14.0 Å². The van der Waals surface area contributed by atoms with Gasteiger partial charge >= 0.3 is 11.9 Å². The van der Waals surface area contributed by atoms with Crippen LogP contribution in [0, 0.1) is 5.82 Å². The molecule has 1 aromatic carbocycles. The number of carbonyl (C=O) groups is 2. The number of carboxylic acids is 2. The third-order valence-corrected chi connectivity index (χ3v) is 3.00. The van der Waals surface area contributed by atoms with Gasteiger partial charge in [-0.3, -0.25) is 0 Å². The SMILES string of the molecule is O=C(O)c1cc(F)cc(N2CCCC2C(=O)O)c1. The van der Waals surface area contributed by atoms with E-state index in [1.54, 1.807) is 0 Å². The summed E-state index contributed by atoms with van der Waals surface area (Å²) >= 11 is 0. The maximum Gasteiger partial charge on any atom is 0.335 e. The molecule has 18 heavy (non-hydrogen) atoms. The van der Waals surface area contributed by atoms with Crippen molar-refractivity contribution in [2.24, 2.45) is 0 Å². The Balaban J connectivity index is 2.38. The van der Waals surface area contributed by atoms with Crippen LogP contribution in [0.5, 0.6) is 0 Å². The summed E-state index contributed by atoms with van der Waals surface area (Å²) in [5, 5.41) is 17.9. The molecule has 96 valence electrons. The van der Waals surface area contributed by atoms with E-state index in [0.717, 1.165) is 12.1 Å². The summed E-state index contributed by atoms with van der Waals surface area (Å²) in [6.45, 7) is 0.486. The lowest BCUT2D eigenvalue weighted by Gasteiger charge is -2.23.